The summed E-state index contributed by atoms with van der Waals surface area (Å²) in [5.41, 5.74) is 3.82. The lowest BCUT2D eigenvalue weighted by Crippen LogP contribution is -2.28. The second kappa shape index (κ2) is 9.41. The molecule has 0 aliphatic rings. The molecule has 0 aromatic heterocycles. The molecule has 2 N–H and O–H groups in total. The molecular formula is C18H23N3O. The van der Waals surface area contributed by atoms with Crippen molar-refractivity contribution in [3.8, 4) is 6.07 Å². The lowest BCUT2D eigenvalue weighted by molar-refractivity contribution is 0.253. The van der Waals surface area contributed by atoms with Crippen molar-refractivity contribution in [3.63, 3.8) is 0 Å². The highest BCUT2D eigenvalue weighted by Crippen LogP contribution is 2.08. The van der Waals surface area contributed by atoms with Crippen LogP contribution in [0.1, 0.15) is 39.2 Å². The van der Waals surface area contributed by atoms with Crippen LogP contribution in [0.2, 0.25) is 0 Å². The maximum atomic E-state index is 11.7. The Morgan fingerprint density at radius 3 is 2.45 bits per heavy atom. The zero-order valence-electron chi connectivity index (χ0n) is 13.4. The van der Waals surface area contributed by atoms with E-state index in [-0.39, 0.29) is 6.03 Å². The van der Waals surface area contributed by atoms with E-state index in [0.29, 0.717) is 17.8 Å². The lowest BCUT2D eigenvalue weighted by Gasteiger charge is -2.06. The Hall–Kier alpha value is -2.54. The van der Waals surface area contributed by atoms with E-state index >= 15 is 0 Å². The summed E-state index contributed by atoms with van der Waals surface area (Å²) in [6.07, 6.45) is 6.27. The fourth-order valence-electron chi connectivity index (χ4n) is 1.81. The van der Waals surface area contributed by atoms with Crippen molar-refractivity contribution in [2.45, 2.75) is 33.6 Å². The SMILES string of the molecule is CC(C)=CCC/C(C)=C/CNC(=O)Nc1ccc(C#N)cc1. The van der Waals surface area contributed by atoms with Crippen molar-refractivity contribution in [1.82, 2.24) is 5.32 Å². The fraction of sp³-hybridized carbons (Fsp3) is 0.333. The summed E-state index contributed by atoms with van der Waals surface area (Å²) in [5, 5.41) is 14.2. The molecule has 1 aromatic rings. The van der Waals surface area contributed by atoms with Gasteiger partial charge in [0.1, 0.15) is 0 Å². The minimum Gasteiger partial charge on any atom is -0.334 e. The molecule has 2 amide bonds. The molecule has 0 radical (unpaired) electrons. The standard InChI is InChI=1S/C18H23N3O/c1-14(2)5-4-6-15(3)11-12-20-18(22)21-17-9-7-16(13-19)8-10-17/h5,7-11H,4,6,12H2,1-3H3,(H2,20,21,22)/b15-11+. The second-order valence-electron chi connectivity index (χ2n) is 5.39. The first-order valence-corrected chi connectivity index (χ1v) is 7.35. The van der Waals surface area contributed by atoms with E-state index < -0.39 is 0 Å². The molecule has 0 saturated heterocycles. The van der Waals surface area contributed by atoms with Crippen molar-refractivity contribution in [3.05, 3.63) is 53.1 Å². The summed E-state index contributed by atoms with van der Waals surface area (Å²) in [6.45, 7) is 6.75. The summed E-state index contributed by atoms with van der Waals surface area (Å²) in [6, 6.07) is 8.54. The summed E-state index contributed by atoms with van der Waals surface area (Å²) >= 11 is 0. The molecule has 0 atom stereocenters. The van der Waals surface area contributed by atoms with Gasteiger partial charge < -0.3 is 10.6 Å². The van der Waals surface area contributed by atoms with Gasteiger partial charge >= 0.3 is 6.03 Å². The predicted molar refractivity (Wildman–Crippen MR) is 90.6 cm³/mol. The summed E-state index contributed by atoms with van der Waals surface area (Å²) in [4.78, 5) is 11.7. The highest BCUT2D eigenvalue weighted by Gasteiger charge is 2.00. The molecule has 0 fully saturated rings. The third-order valence-electron chi connectivity index (χ3n) is 3.08. The fourth-order valence-corrected chi connectivity index (χ4v) is 1.81. The van der Waals surface area contributed by atoms with E-state index in [0.717, 1.165) is 12.8 Å². The lowest BCUT2D eigenvalue weighted by atomic mass is 10.1. The molecule has 0 heterocycles. The number of rotatable bonds is 6. The molecule has 0 saturated carbocycles. The predicted octanol–water partition coefficient (Wildman–Crippen LogP) is 4.37. The third kappa shape index (κ3) is 7.30. The van der Waals surface area contributed by atoms with E-state index in [9.17, 15) is 4.79 Å². The van der Waals surface area contributed by atoms with Crippen LogP contribution in [0.4, 0.5) is 10.5 Å². The van der Waals surface area contributed by atoms with Crippen LogP contribution < -0.4 is 10.6 Å². The Morgan fingerprint density at radius 1 is 1.18 bits per heavy atom. The molecule has 4 nitrogen and oxygen atoms in total. The van der Waals surface area contributed by atoms with Crippen molar-refractivity contribution >= 4 is 11.7 Å². The van der Waals surface area contributed by atoms with Gasteiger partial charge in [-0.05, 0) is 57.9 Å². The molecule has 116 valence electrons. The summed E-state index contributed by atoms with van der Waals surface area (Å²) < 4.78 is 0. The van der Waals surface area contributed by atoms with Gasteiger partial charge in [-0.3, -0.25) is 0 Å². The van der Waals surface area contributed by atoms with Crippen molar-refractivity contribution in [2.75, 3.05) is 11.9 Å². The van der Waals surface area contributed by atoms with Gasteiger partial charge in [0.2, 0.25) is 0 Å². The molecule has 1 rings (SSSR count). The highest BCUT2D eigenvalue weighted by atomic mass is 16.2. The van der Waals surface area contributed by atoms with Crippen LogP contribution in [0.3, 0.4) is 0 Å². The Kier molecular flexibility index (Phi) is 7.49. The van der Waals surface area contributed by atoms with E-state index in [1.165, 1.54) is 11.1 Å². The van der Waals surface area contributed by atoms with Crippen molar-refractivity contribution < 1.29 is 4.79 Å². The first kappa shape index (κ1) is 17.5. The summed E-state index contributed by atoms with van der Waals surface area (Å²) in [7, 11) is 0. The van der Waals surface area contributed by atoms with E-state index in [2.05, 4.69) is 37.5 Å². The van der Waals surface area contributed by atoms with E-state index in [4.69, 9.17) is 5.26 Å². The van der Waals surface area contributed by atoms with Crippen LogP contribution in [-0.2, 0) is 0 Å². The van der Waals surface area contributed by atoms with Crippen LogP contribution in [0.25, 0.3) is 0 Å². The number of allylic oxidation sites excluding steroid dienone is 3. The van der Waals surface area contributed by atoms with Gasteiger partial charge in [0.25, 0.3) is 0 Å². The number of nitriles is 1. The quantitative estimate of drug-likeness (QED) is 0.766. The second-order valence-corrected chi connectivity index (χ2v) is 5.39. The van der Waals surface area contributed by atoms with Crippen LogP contribution in [0, 0.1) is 11.3 Å². The van der Waals surface area contributed by atoms with Gasteiger partial charge in [-0.2, -0.15) is 5.26 Å². The van der Waals surface area contributed by atoms with Crippen LogP contribution in [0.15, 0.2) is 47.6 Å². The number of nitrogens with zero attached hydrogens (tertiary/aromatic N) is 1. The monoisotopic (exact) mass is 297 g/mol. The zero-order valence-corrected chi connectivity index (χ0v) is 13.4. The van der Waals surface area contributed by atoms with Gasteiger partial charge in [0.15, 0.2) is 0 Å². The Bertz CT molecular complexity index is 588. The molecule has 0 aliphatic heterocycles. The number of nitrogens with one attached hydrogen (secondary N) is 2. The third-order valence-corrected chi connectivity index (χ3v) is 3.08. The van der Waals surface area contributed by atoms with Gasteiger partial charge in [-0.25, -0.2) is 4.79 Å². The Morgan fingerprint density at radius 2 is 1.86 bits per heavy atom. The van der Waals surface area contributed by atoms with Crippen molar-refractivity contribution in [2.24, 2.45) is 0 Å². The smallest absolute Gasteiger partial charge is 0.319 e. The molecule has 0 spiro atoms. The molecular weight excluding hydrogens is 274 g/mol. The van der Waals surface area contributed by atoms with Gasteiger partial charge in [0, 0.05) is 12.2 Å². The van der Waals surface area contributed by atoms with Crippen LogP contribution >= 0.6 is 0 Å². The minimum absolute atomic E-state index is 0.252. The van der Waals surface area contributed by atoms with Crippen LogP contribution in [0.5, 0.6) is 0 Å². The Balaban J connectivity index is 2.33. The average Bonchev–Trinajstić information content (AvgIpc) is 2.47. The maximum Gasteiger partial charge on any atom is 0.319 e. The molecule has 22 heavy (non-hydrogen) atoms. The number of carbonyl (C=O) groups excluding carboxylic acids is 1. The first-order valence-electron chi connectivity index (χ1n) is 7.35. The van der Waals surface area contributed by atoms with Gasteiger partial charge in [-0.15, -0.1) is 0 Å². The molecule has 4 heteroatoms. The van der Waals surface area contributed by atoms with Crippen molar-refractivity contribution in [1.29, 1.82) is 5.26 Å². The maximum absolute atomic E-state index is 11.7. The highest BCUT2D eigenvalue weighted by molar-refractivity contribution is 5.89. The first-order chi connectivity index (χ1) is 10.5. The molecule has 0 bridgehead atoms. The Labute approximate surface area is 132 Å². The number of hydrogen-bond acceptors (Lipinski definition) is 2. The normalized spacial score (nSPS) is 10.5. The number of hydrogen-bond donors (Lipinski definition) is 2. The number of amides is 2. The molecule has 0 unspecified atom stereocenters. The number of benzene rings is 1. The zero-order chi connectivity index (χ0) is 16.4. The summed E-state index contributed by atoms with van der Waals surface area (Å²) in [5.74, 6) is 0. The van der Waals surface area contributed by atoms with E-state index in [1.807, 2.05) is 12.1 Å². The van der Waals surface area contributed by atoms with E-state index in [1.54, 1.807) is 24.3 Å². The minimum atomic E-state index is -0.252. The molecule has 1 aromatic carbocycles. The largest absolute Gasteiger partial charge is 0.334 e. The number of urea groups is 1. The van der Waals surface area contributed by atoms with Gasteiger partial charge in [0.05, 0.1) is 11.6 Å². The number of carbonyl (C=O) groups is 1. The number of anilines is 1. The van der Waals surface area contributed by atoms with Gasteiger partial charge in [-0.1, -0.05) is 23.3 Å². The topological polar surface area (TPSA) is 64.9 Å². The van der Waals surface area contributed by atoms with Crippen LogP contribution in [-0.4, -0.2) is 12.6 Å². The molecule has 0 aliphatic carbocycles. The average molecular weight is 297 g/mol.